The molecule has 0 heterocycles. The first-order valence-electron chi connectivity index (χ1n) is 12.8. The molecule has 5 nitrogen and oxygen atoms in total. The first-order valence-corrected chi connectivity index (χ1v) is 18.6. The Bertz CT molecular complexity index is 852. The summed E-state index contributed by atoms with van der Waals surface area (Å²) >= 11 is 0. The number of rotatable bonds is 11. The van der Waals surface area contributed by atoms with Gasteiger partial charge in [0.25, 0.3) is 0 Å². The Kier molecular flexibility index (Phi) is 10.3. The number of carbonyl (C=O) groups excluding carboxylic acids is 2. The molecule has 0 aliphatic heterocycles. The van der Waals surface area contributed by atoms with Crippen molar-refractivity contribution in [2.75, 3.05) is 11.9 Å². The number of carbonyl (C=O) groups is 2. The van der Waals surface area contributed by atoms with Gasteiger partial charge in [0, 0.05) is 23.6 Å². The summed E-state index contributed by atoms with van der Waals surface area (Å²) in [5, 5.41) is 3.00. The summed E-state index contributed by atoms with van der Waals surface area (Å²) in [6.07, 6.45) is -0.411. The molecule has 0 saturated heterocycles. The van der Waals surface area contributed by atoms with Crippen molar-refractivity contribution in [3.8, 4) is 0 Å². The molecule has 0 radical (unpaired) electrons. The Hall–Kier alpha value is -1.29. The van der Waals surface area contributed by atoms with Gasteiger partial charge in [0.15, 0.2) is 16.6 Å². The number of anilines is 1. The molecule has 200 valence electrons. The van der Waals surface area contributed by atoms with Crippen molar-refractivity contribution in [1.29, 1.82) is 0 Å². The van der Waals surface area contributed by atoms with Gasteiger partial charge in [-0.15, -0.1) is 0 Å². The molecule has 0 aromatic heterocycles. The van der Waals surface area contributed by atoms with Crippen LogP contribution in [0.2, 0.25) is 36.3 Å². The second-order valence-corrected chi connectivity index (χ2v) is 23.1. The molecule has 0 fully saturated rings. The van der Waals surface area contributed by atoms with Crippen LogP contribution in [0.15, 0.2) is 30.3 Å². The predicted molar refractivity (Wildman–Crippen MR) is 153 cm³/mol. The molecule has 0 aliphatic rings. The molecule has 2 atom stereocenters. The fraction of sp³-hybridized carbons (Fsp3) is 0.714. The van der Waals surface area contributed by atoms with Crippen LogP contribution in [0.1, 0.15) is 68.7 Å². The molecule has 35 heavy (non-hydrogen) atoms. The van der Waals surface area contributed by atoms with Gasteiger partial charge < -0.3 is 14.2 Å². The number of amides is 1. The van der Waals surface area contributed by atoms with Gasteiger partial charge in [-0.3, -0.25) is 9.59 Å². The van der Waals surface area contributed by atoms with Crippen molar-refractivity contribution in [3.05, 3.63) is 30.3 Å². The molecular weight excluding hydrogens is 470 g/mol. The van der Waals surface area contributed by atoms with Crippen molar-refractivity contribution >= 4 is 34.0 Å². The number of Topliss-reactive ketones (excluding diaryl/α,β-unsaturated/α-hetero) is 1. The number of hydrogen-bond acceptors (Lipinski definition) is 4. The van der Waals surface area contributed by atoms with Crippen LogP contribution in [0.3, 0.4) is 0 Å². The van der Waals surface area contributed by atoms with E-state index in [4.69, 9.17) is 8.85 Å². The number of ketones is 1. The lowest BCUT2D eigenvalue weighted by Gasteiger charge is -2.44. The normalized spacial score (nSPS) is 15.5. The van der Waals surface area contributed by atoms with Gasteiger partial charge in [0.05, 0.1) is 12.5 Å². The molecule has 0 aliphatic carbocycles. The third kappa shape index (κ3) is 8.65. The van der Waals surface area contributed by atoms with E-state index < -0.39 is 28.2 Å². The van der Waals surface area contributed by atoms with Gasteiger partial charge >= 0.3 is 0 Å². The van der Waals surface area contributed by atoms with E-state index in [0.29, 0.717) is 6.61 Å². The van der Waals surface area contributed by atoms with Crippen molar-refractivity contribution in [3.63, 3.8) is 0 Å². The molecular formula is C28H51NO4Si2. The minimum Gasteiger partial charge on any atom is -0.416 e. The number of para-hydroxylation sites is 1. The highest BCUT2D eigenvalue weighted by Crippen LogP contribution is 2.42. The molecule has 1 aromatic carbocycles. The summed E-state index contributed by atoms with van der Waals surface area (Å²) in [7, 11) is -4.22. The fourth-order valence-electron chi connectivity index (χ4n) is 3.30. The topological polar surface area (TPSA) is 64.6 Å². The van der Waals surface area contributed by atoms with Crippen LogP contribution in [0.4, 0.5) is 5.69 Å². The van der Waals surface area contributed by atoms with Crippen molar-refractivity contribution < 1.29 is 18.4 Å². The minimum atomic E-state index is -2.25. The van der Waals surface area contributed by atoms with Gasteiger partial charge in [-0.2, -0.15) is 0 Å². The van der Waals surface area contributed by atoms with E-state index in [9.17, 15) is 9.59 Å². The van der Waals surface area contributed by atoms with Crippen LogP contribution in [-0.4, -0.2) is 41.0 Å². The zero-order valence-corrected chi connectivity index (χ0v) is 26.6. The minimum absolute atomic E-state index is 0.0443. The summed E-state index contributed by atoms with van der Waals surface area (Å²) in [4.78, 5) is 26.8. The zero-order valence-electron chi connectivity index (χ0n) is 24.6. The lowest BCUT2D eigenvalue weighted by Crippen LogP contribution is -2.52. The highest BCUT2D eigenvalue weighted by molar-refractivity contribution is 6.74. The largest absolute Gasteiger partial charge is 0.416 e. The zero-order chi connectivity index (χ0) is 27.5. The maximum absolute atomic E-state index is 13.8. The third-order valence-corrected chi connectivity index (χ3v) is 17.0. The summed E-state index contributed by atoms with van der Waals surface area (Å²) in [6.45, 7) is 28.0. The molecule has 0 saturated carbocycles. The monoisotopic (exact) mass is 521 g/mol. The van der Waals surface area contributed by atoms with Crippen molar-refractivity contribution in [1.82, 2.24) is 0 Å². The second kappa shape index (κ2) is 11.4. The van der Waals surface area contributed by atoms with Gasteiger partial charge in [-0.05, 0) is 48.4 Å². The Balaban J connectivity index is 3.15. The van der Waals surface area contributed by atoms with E-state index >= 15 is 0 Å². The summed E-state index contributed by atoms with van der Waals surface area (Å²) in [5.74, 6) is -0.361. The number of nitrogens with one attached hydrogen (secondary N) is 1. The molecule has 0 unspecified atom stereocenters. The lowest BCUT2D eigenvalue weighted by molar-refractivity contribution is -0.138. The summed E-state index contributed by atoms with van der Waals surface area (Å²) < 4.78 is 13.1. The Morgan fingerprint density at radius 3 is 1.80 bits per heavy atom. The first kappa shape index (κ1) is 31.7. The maximum Gasteiger partial charge on any atom is 0.226 e. The maximum atomic E-state index is 13.8. The van der Waals surface area contributed by atoms with Crippen LogP contribution in [0.5, 0.6) is 0 Å². The van der Waals surface area contributed by atoms with Crippen LogP contribution >= 0.6 is 0 Å². The average molecular weight is 522 g/mol. The molecule has 1 rings (SSSR count). The quantitative estimate of drug-likeness (QED) is 0.304. The lowest BCUT2D eigenvalue weighted by atomic mass is 9.76. The van der Waals surface area contributed by atoms with Crippen LogP contribution < -0.4 is 5.32 Å². The van der Waals surface area contributed by atoms with E-state index in [1.54, 1.807) is 0 Å². The predicted octanol–water partition coefficient (Wildman–Crippen LogP) is 7.66. The fourth-order valence-corrected chi connectivity index (χ4v) is 5.84. The molecule has 1 amide bonds. The van der Waals surface area contributed by atoms with E-state index in [-0.39, 0.29) is 34.1 Å². The number of benzene rings is 1. The highest BCUT2D eigenvalue weighted by Gasteiger charge is 2.47. The Labute approximate surface area is 217 Å². The van der Waals surface area contributed by atoms with Crippen molar-refractivity contribution in [2.45, 2.75) is 111 Å². The summed E-state index contributed by atoms with van der Waals surface area (Å²) in [6, 6.07) is 9.40. The van der Waals surface area contributed by atoms with Crippen LogP contribution in [0.25, 0.3) is 0 Å². The van der Waals surface area contributed by atoms with E-state index in [1.807, 2.05) is 51.1 Å². The smallest absolute Gasteiger partial charge is 0.226 e. The Morgan fingerprint density at radius 1 is 0.857 bits per heavy atom. The average Bonchev–Trinajstić information content (AvgIpc) is 2.69. The van der Waals surface area contributed by atoms with Gasteiger partial charge in [0.2, 0.25) is 5.91 Å². The van der Waals surface area contributed by atoms with Crippen LogP contribution in [0, 0.1) is 11.3 Å². The van der Waals surface area contributed by atoms with Gasteiger partial charge in [0.1, 0.15) is 5.78 Å². The third-order valence-electron chi connectivity index (χ3n) is 8.06. The molecule has 1 aromatic rings. The summed E-state index contributed by atoms with van der Waals surface area (Å²) in [5.41, 5.74) is -0.108. The van der Waals surface area contributed by atoms with E-state index in [0.717, 1.165) is 5.69 Å². The molecule has 0 bridgehead atoms. The molecule has 0 spiro atoms. The van der Waals surface area contributed by atoms with Crippen LogP contribution in [-0.2, 0) is 18.4 Å². The standard InChI is InChI=1S/C28H51NO4Si2/c1-21(20-32-34(10,11)26(2,3)4)25(31)28(8,9)23(33-35(12,13)27(5,6)7)19-24(30)29-22-17-15-14-16-18-22/h14-18,21,23H,19-20H2,1-13H3,(H,29,30)/t21-,23+/m1/s1. The van der Waals surface area contributed by atoms with E-state index in [2.05, 4.69) is 73.0 Å². The van der Waals surface area contributed by atoms with Gasteiger partial charge in [-0.25, -0.2) is 0 Å². The SMILES string of the molecule is C[C@H](CO[Si](C)(C)C(C)(C)C)C(=O)C(C)(C)[C@H](CC(=O)Nc1ccccc1)O[Si](C)(C)C(C)(C)C. The second-order valence-electron chi connectivity index (χ2n) is 13.5. The van der Waals surface area contributed by atoms with E-state index in [1.165, 1.54) is 0 Å². The number of hydrogen-bond donors (Lipinski definition) is 1. The van der Waals surface area contributed by atoms with Gasteiger partial charge in [-0.1, -0.05) is 80.5 Å². The first-order chi connectivity index (χ1) is 15.6. The molecule has 1 N–H and O–H groups in total. The molecule has 7 heteroatoms. The van der Waals surface area contributed by atoms with Crippen molar-refractivity contribution in [2.24, 2.45) is 11.3 Å². The highest BCUT2D eigenvalue weighted by atomic mass is 28.4. The Morgan fingerprint density at radius 2 is 1.34 bits per heavy atom.